The van der Waals surface area contributed by atoms with E-state index >= 15 is 0 Å². The molecule has 4 heteroatoms. The zero-order valence-electron chi connectivity index (χ0n) is 8.30. The van der Waals surface area contributed by atoms with Gasteiger partial charge in [0.15, 0.2) is 0 Å². The fraction of sp³-hybridized carbons (Fsp3) is 0.667. The van der Waals surface area contributed by atoms with Gasteiger partial charge in [0.25, 0.3) is 0 Å². The minimum Gasteiger partial charge on any atom is -0.147 e. The summed E-state index contributed by atoms with van der Waals surface area (Å²) in [5.41, 5.74) is 3.88. The molecule has 0 saturated heterocycles. The molecule has 0 heterocycles. The first-order valence-corrected chi connectivity index (χ1v) is 4.36. The van der Waals surface area contributed by atoms with Gasteiger partial charge in [0, 0.05) is 0 Å². The Morgan fingerprint density at radius 1 is 1.08 bits per heavy atom. The fourth-order valence-corrected chi connectivity index (χ4v) is 1.55. The van der Waals surface area contributed by atoms with Gasteiger partial charge in [-0.1, -0.05) is 0 Å². The van der Waals surface area contributed by atoms with E-state index in [-0.39, 0.29) is 42.6 Å². The molecular formula is C9H16Cl3Ti. The topological polar surface area (TPSA) is 0 Å². The summed E-state index contributed by atoms with van der Waals surface area (Å²) in [4.78, 5) is 0. The summed E-state index contributed by atoms with van der Waals surface area (Å²) >= 11 is 2.16. The van der Waals surface area contributed by atoms with Crippen LogP contribution >= 0.6 is 37.2 Å². The molecule has 0 unspecified atom stereocenters. The minimum absolute atomic E-state index is 0. The normalized spacial score (nSPS) is 20.4. The van der Waals surface area contributed by atoms with Gasteiger partial charge in [0.2, 0.25) is 0 Å². The summed E-state index contributed by atoms with van der Waals surface area (Å²) in [5, 5.41) is 0. The molecule has 0 bridgehead atoms. The van der Waals surface area contributed by atoms with Gasteiger partial charge in [-0.15, -0.1) is 37.2 Å². The van der Waals surface area contributed by atoms with Crippen LogP contribution in [0.5, 0.6) is 0 Å². The summed E-state index contributed by atoms with van der Waals surface area (Å²) < 4.78 is 1.37. The van der Waals surface area contributed by atoms with E-state index in [2.05, 4.69) is 59.9 Å². The van der Waals surface area contributed by atoms with Crippen molar-refractivity contribution in [3.05, 3.63) is 15.7 Å². The predicted octanol–water partition coefficient (Wildman–Crippen LogP) is 3.90. The average molecular weight is 278 g/mol. The molecule has 0 radical (unpaired) electrons. The summed E-state index contributed by atoms with van der Waals surface area (Å²) in [5.74, 6) is 0. The van der Waals surface area contributed by atoms with Crippen LogP contribution in [0.4, 0.5) is 0 Å². The van der Waals surface area contributed by atoms with Crippen molar-refractivity contribution in [3.63, 3.8) is 0 Å². The molecule has 0 aromatic rings. The van der Waals surface area contributed by atoms with Gasteiger partial charge < -0.3 is 0 Å². The quantitative estimate of drug-likeness (QED) is 0.465. The van der Waals surface area contributed by atoms with Gasteiger partial charge in [-0.25, -0.2) is 0 Å². The van der Waals surface area contributed by atoms with Crippen molar-refractivity contribution < 1.29 is 20.4 Å². The van der Waals surface area contributed by atoms with Gasteiger partial charge in [0.1, 0.15) is 0 Å². The molecule has 1 aliphatic rings. The minimum atomic E-state index is 0. The van der Waals surface area contributed by atoms with Crippen LogP contribution in [0, 0.1) is 10.8 Å². The van der Waals surface area contributed by atoms with Crippen molar-refractivity contribution in [2.45, 2.75) is 27.7 Å². The summed E-state index contributed by atoms with van der Waals surface area (Å²) in [6, 6.07) is 0. The van der Waals surface area contributed by atoms with Gasteiger partial charge >= 0.3 is 74.6 Å². The standard InChI is InChI=1S/C9H13.3ClH.Ti/c1-8(2)6-5-7-9(8,3)4;;;;/h6H,1-4H3;3*1H;. The monoisotopic (exact) mass is 277 g/mol. The Morgan fingerprint density at radius 2 is 1.46 bits per heavy atom. The van der Waals surface area contributed by atoms with E-state index < -0.39 is 0 Å². The van der Waals surface area contributed by atoms with Crippen LogP contribution in [0.25, 0.3) is 0 Å². The van der Waals surface area contributed by atoms with Crippen LogP contribution < -0.4 is 0 Å². The van der Waals surface area contributed by atoms with Gasteiger partial charge in [-0.2, -0.15) is 0 Å². The third kappa shape index (κ3) is 3.31. The van der Waals surface area contributed by atoms with E-state index in [1.165, 1.54) is 3.88 Å². The fourth-order valence-electron chi connectivity index (χ4n) is 0.936. The molecule has 0 amide bonds. The van der Waals surface area contributed by atoms with Crippen molar-refractivity contribution in [2.75, 3.05) is 0 Å². The zero-order chi connectivity index (χ0) is 7.99. The van der Waals surface area contributed by atoms with Crippen LogP contribution in [-0.4, -0.2) is 0 Å². The molecule has 13 heavy (non-hydrogen) atoms. The Kier molecular flexibility index (Phi) is 8.85. The first kappa shape index (κ1) is 19.6. The third-order valence-corrected chi connectivity index (χ3v) is 4.01. The average Bonchev–Trinajstić information content (AvgIpc) is 1.94. The van der Waals surface area contributed by atoms with Gasteiger partial charge in [-0.05, 0) is 0 Å². The Bertz CT molecular complexity index is 225. The van der Waals surface area contributed by atoms with E-state index in [0.717, 1.165) is 0 Å². The summed E-state index contributed by atoms with van der Waals surface area (Å²) in [6.45, 7) is 9.07. The number of hydrogen-bond donors (Lipinski definition) is 0. The molecule has 1 rings (SSSR count). The second-order valence-corrected chi connectivity index (χ2v) is 4.79. The van der Waals surface area contributed by atoms with Gasteiger partial charge in [0.05, 0.1) is 0 Å². The first-order valence-electron chi connectivity index (χ1n) is 3.58. The molecular weight excluding hydrogens is 262 g/mol. The smallest absolute Gasteiger partial charge is 0.147 e. The molecule has 0 saturated carbocycles. The van der Waals surface area contributed by atoms with E-state index in [1.807, 2.05) is 0 Å². The van der Waals surface area contributed by atoms with Crippen LogP contribution in [-0.2, 0) is 20.4 Å². The largest absolute Gasteiger partial charge is 0.147 e. The molecule has 0 aromatic carbocycles. The maximum atomic E-state index is 3.29. The van der Waals surface area contributed by atoms with E-state index in [9.17, 15) is 0 Å². The maximum Gasteiger partial charge on any atom is -0.147 e. The van der Waals surface area contributed by atoms with Crippen molar-refractivity contribution in [1.82, 2.24) is 0 Å². The van der Waals surface area contributed by atoms with E-state index in [0.29, 0.717) is 5.41 Å². The molecule has 0 aromatic heterocycles. The Labute approximate surface area is 111 Å². The van der Waals surface area contributed by atoms with Crippen molar-refractivity contribution >= 4 is 37.2 Å². The zero-order valence-corrected chi connectivity index (χ0v) is 12.3. The van der Waals surface area contributed by atoms with Crippen LogP contribution in [0.1, 0.15) is 27.7 Å². The third-order valence-electron chi connectivity index (χ3n) is 2.81. The van der Waals surface area contributed by atoms with Crippen molar-refractivity contribution in [2.24, 2.45) is 10.8 Å². The second kappa shape index (κ2) is 5.86. The maximum absolute atomic E-state index is 3.29. The Morgan fingerprint density at radius 3 is 1.54 bits per heavy atom. The molecule has 0 aliphatic heterocycles. The summed E-state index contributed by atoms with van der Waals surface area (Å²) in [7, 11) is 0. The second-order valence-electron chi connectivity index (χ2n) is 4.01. The van der Waals surface area contributed by atoms with Crippen LogP contribution in [0.2, 0.25) is 0 Å². The summed E-state index contributed by atoms with van der Waals surface area (Å²) in [6.07, 6.45) is 2.18. The molecule has 0 N–H and O–H groups in total. The molecule has 0 nitrogen and oxygen atoms in total. The molecule has 1 aliphatic carbocycles. The number of halogens is 3. The molecule has 0 spiro atoms. The SMILES string of the molecule is CC1(C)C=C=[C]([Ti])C1(C)C.Cl.Cl.Cl. The van der Waals surface area contributed by atoms with Crippen molar-refractivity contribution in [3.8, 4) is 0 Å². The Hall–Kier alpha value is 1.10. The Balaban J connectivity index is -0.000000333. The first-order chi connectivity index (χ1) is 4.38. The number of rotatable bonds is 0. The van der Waals surface area contributed by atoms with Crippen LogP contribution in [0.3, 0.4) is 0 Å². The number of allylic oxidation sites excluding steroid dienone is 1. The molecule has 77 valence electrons. The van der Waals surface area contributed by atoms with Gasteiger partial charge in [-0.3, -0.25) is 0 Å². The van der Waals surface area contributed by atoms with Crippen LogP contribution in [0.15, 0.2) is 15.7 Å². The van der Waals surface area contributed by atoms with E-state index in [4.69, 9.17) is 0 Å². The molecule has 0 atom stereocenters. The molecule has 0 fully saturated rings. The predicted molar refractivity (Wildman–Crippen MR) is 60.9 cm³/mol. The van der Waals surface area contributed by atoms with Crippen molar-refractivity contribution in [1.29, 1.82) is 0 Å². The number of hydrogen-bond acceptors (Lipinski definition) is 0. The van der Waals surface area contributed by atoms with E-state index in [1.54, 1.807) is 0 Å².